The highest BCUT2D eigenvalue weighted by molar-refractivity contribution is 5.87. The molecule has 1 aliphatic heterocycles. The summed E-state index contributed by atoms with van der Waals surface area (Å²) in [5.41, 5.74) is 1.37. The van der Waals surface area contributed by atoms with Gasteiger partial charge in [-0.15, -0.1) is 0 Å². The standard InChI is InChI=1S/C16H23N3O2/c1-2-21-16(20)14-10-13(11-19-8-4-3-5-9-19)17-15(18-14)12-6-7-12/h10,12H,2-9,11H2,1H3. The summed E-state index contributed by atoms with van der Waals surface area (Å²) in [7, 11) is 0. The minimum Gasteiger partial charge on any atom is -0.461 e. The van der Waals surface area contributed by atoms with Gasteiger partial charge in [0, 0.05) is 12.5 Å². The molecule has 1 aliphatic carbocycles. The number of hydrogen-bond donors (Lipinski definition) is 0. The van der Waals surface area contributed by atoms with Crippen molar-refractivity contribution in [2.24, 2.45) is 0 Å². The number of likely N-dealkylation sites (tertiary alicyclic amines) is 1. The van der Waals surface area contributed by atoms with Gasteiger partial charge in [0.1, 0.15) is 5.82 Å². The number of carbonyl (C=O) groups excluding carboxylic acids is 1. The minimum atomic E-state index is -0.332. The molecule has 1 aromatic heterocycles. The van der Waals surface area contributed by atoms with Crippen molar-refractivity contribution in [1.82, 2.24) is 14.9 Å². The molecule has 2 aliphatic rings. The second kappa shape index (κ2) is 6.52. The zero-order valence-electron chi connectivity index (χ0n) is 12.7. The maximum atomic E-state index is 12.0. The summed E-state index contributed by atoms with van der Waals surface area (Å²) in [6, 6.07) is 1.80. The number of nitrogens with zero attached hydrogens (tertiary/aromatic N) is 3. The van der Waals surface area contributed by atoms with Crippen LogP contribution in [-0.4, -0.2) is 40.5 Å². The van der Waals surface area contributed by atoms with Crippen LogP contribution in [0.2, 0.25) is 0 Å². The molecule has 2 heterocycles. The van der Waals surface area contributed by atoms with Gasteiger partial charge in [-0.3, -0.25) is 4.90 Å². The fourth-order valence-corrected chi connectivity index (χ4v) is 2.78. The summed E-state index contributed by atoms with van der Waals surface area (Å²) >= 11 is 0. The Kier molecular flexibility index (Phi) is 4.48. The van der Waals surface area contributed by atoms with Gasteiger partial charge in [-0.05, 0) is 51.8 Å². The molecule has 5 heteroatoms. The minimum absolute atomic E-state index is 0.332. The molecule has 3 rings (SSSR count). The second-order valence-electron chi connectivity index (χ2n) is 5.93. The Morgan fingerprint density at radius 3 is 2.71 bits per heavy atom. The lowest BCUT2D eigenvalue weighted by Gasteiger charge is -2.26. The van der Waals surface area contributed by atoms with E-state index in [9.17, 15) is 4.79 Å². The lowest BCUT2D eigenvalue weighted by Crippen LogP contribution is -2.29. The smallest absolute Gasteiger partial charge is 0.357 e. The zero-order valence-corrected chi connectivity index (χ0v) is 12.7. The van der Waals surface area contributed by atoms with E-state index in [4.69, 9.17) is 4.74 Å². The Balaban J connectivity index is 1.78. The van der Waals surface area contributed by atoms with Gasteiger partial charge in [-0.2, -0.15) is 0 Å². The third kappa shape index (κ3) is 3.79. The summed E-state index contributed by atoms with van der Waals surface area (Å²) in [6.45, 7) is 5.25. The quantitative estimate of drug-likeness (QED) is 0.780. The van der Waals surface area contributed by atoms with Gasteiger partial charge < -0.3 is 4.74 Å². The van der Waals surface area contributed by atoms with Crippen molar-refractivity contribution >= 4 is 5.97 Å². The predicted molar refractivity (Wildman–Crippen MR) is 79.1 cm³/mol. The van der Waals surface area contributed by atoms with Crippen LogP contribution < -0.4 is 0 Å². The maximum Gasteiger partial charge on any atom is 0.357 e. The first kappa shape index (κ1) is 14.4. The van der Waals surface area contributed by atoms with Crippen molar-refractivity contribution in [2.75, 3.05) is 19.7 Å². The van der Waals surface area contributed by atoms with Crippen LogP contribution in [0, 0.1) is 0 Å². The fourth-order valence-electron chi connectivity index (χ4n) is 2.78. The van der Waals surface area contributed by atoms with Crippen molar-refractivity contribution in [3.05, 3.63) is 23.3 Å². The van der Waals surface area contributed by atoms with Crippen LogP contribution in [0.15, 0.2) is 6.07 Å². The first-order valence-corrected chi connectivity index (χ1v) is 8.03. The lowest BCUT2D eigenvalue weighted by atomic mass is 10.1. The number of ether oxygens (including phenoxy) is 1. The summed E-state index contributed by atoms with van der Waals surface area (Å²) in [4.78, 5) is 23.4. The molecular weight excluding hydrogens is 266 g/mol. The molecule has 0 aromatic carbocycles. The molecule has 2 fully saturated rings. The second-order valence-corrected chi connectivity index (χ2v) is 5.93. The van der Waals surface area contributed by atoms with Gasteiger partial charge in [0.15, 0.2) is 5.69 Å². The molecule has 0 spiro atoms. The fraction of sp³-hybridized carbons (Fsp3) is 0.688. The Morgan fingerprint density at radius 2 is 2.05 bits per heavy atom. The van der Waals surface area contributed by atoms with Crippen LogP contribution in [-0.2, 0) is 11.3 Å². The Bertz CT molecular complexity index is 508. The number of esters is 1. The average Bonchev–Trinajstić information content (AvgIpc) is 3.33. The van der Waals surface area contributed by atoms with Crippen molar-refractivity contribution in [1.29, 1.82) is 0 Å². The molecule has 1 aromatic rings. The Morgan fingerprint density at radius 1 is 1.29 bits per heavy atom. The van der Waals surface area contributed by atoms with Crippen molar-refractivity contribution < 1.29 is 9.53 Å². The normalized spacial score (nSPS) is 19.5. The summed E-state index contributed by atoms with van der Waals surface area (Å²) < 4.78 is 5.09. The highest BCUT2D eigenvalue weighted by Crippen LogP contribution is 2.38. The van der Waals surface area contributed by atoms with E-state index >= 15 is 0 Å². The molecule has 0 N–H and O–H groups in total. The van der Waals surface area contributed by atoms with E-state index in [1.54, 1.807) is 6.07 Å². The van der Waals surface area contributed by atoms with E-state index in [2.05, 4.69) is 14.9 Å². The van der Waals surface area contributed by atoms with Crippen LogP contribution >= 0.6 is 0 Å². The monoisotopic (exact) mass is 289 g/mol. The Labute approximate surface area is 125 Å². The molecule has 0 unspecified atom stereocenters. The van der Waals surface area contributed by atoms with Gasteiger partial charge in [-0.1, -0.05) is 6.42 Å². The van der Waals surface area contributed by atoms with E-state index in [-0.39, 0.29) is 5.97 Å². The molecule has 1 saturated carbocycles. The SMILES string of the molecule is CCOC(=O)c1cc(CN2CCCCC2)nc(C2CC2)n1. The lowest BCUT2D eigenvalue weighted by molar-refractivity contribution is 0.0518. The van der Waals surface area contributed by atoms with Crippen LogP contribution in [0.3, 0.4) is 0 Å². The van der Waals surface area contributed by atoms with Crippen molar-refractivity contribution in [3.63, 3.8) is 0 Å². The number of aromatic nitrogens is 2. The molecule has 21 heavy (non-hydrogen) atoms. The third-order valence-electron chi connectivity index (χ3n) is 4.06. The van der Waals surface area contributed by atoms with E-state index in [0.29, 0.717) is 18.2 Å². The first-order valence-electron chi connectivity index (χ1n) is 8.03. The molecule has 1 saturated heterocycles. The Hall–Kier alpha value is -1.49. The highest BCUT2D eigenvalue weighted by atomic mass is 16.5. The number of rotatable bonds is 5. The molecular formula is C16H23N3O2. The molecule has 5 nitrogen and oxygen atoms in total. The third-order valence-corrected chi connectivity index (χ3v) is 4.06. The maximum absolute atomic E-state index is 12.0. The van der Waals surface area contributed by atoms with Gasteiger partial charge in [0.2, 0.25) is 0 Å². The molecule has 0 amide bonds. The first-order chi connectivity index (χ1) is 10.3. The van der Waals surface area contributed by atoms with Crippen LogP contribution in [0.4, 0.5) is 0 Å². The van der Waals surface area contributed by atoms with Crippen LogP contribution in [0.1, 0.15) is 67.0 Å². The van der Waals surface area contributed by atoms with E-state index < -0.39 is 0 Å². The van der Waals surface area contributed by atoms with Gasteiger partial charge in [0.05, 0.1) is 12.3 Å². The number of hydrogen-bond acceptors (Lipinski definition) is 5. The van der Waals surface area contributed by atoms with E-state index in [0.717, 1.165) is 44.0 Å². The molecule has 0 radical (unpaired) electrons. The highest BCUT2D eigenvalue weighted by Gasteiger charge is 2.28. The zero-order chi connectivity index (χ0) is 14.7. The molecule has 0 atom stereocenters. The van der Waals surface area contributed by atoms with E-state index in [1.807, 2.05) is 6.92 Å². The average molecular weight is 289 g/mol. The van der Waals surface area contributed by atoms with Gasteiger partial charge in [0.25, 0.3) is 0 Å². The van der Waals surface area contributed by atoms with Gasteiger partial charge >= 0.3 is 5.97 Å². The predicted octanol–water partition coefficient (Wildman–Crippen LogP) is 2.52. The largest absolute Gasteiger partial charge is 0.461 e. The van der Waals surface area contributed by atoms with Crippen molar-refractivity contribution in [3.8, 4) is 0 Å². The topological polar surface area (TPSA) is 55.3 Å². The summed E-state index contributed by atoms with van der Waals surface area (Å²) in [5.74, 6) is 0.939. The van der Waals surface area contributed by atoms with Crippen molar-refractivity contribution in [2.45, 2.75) is 51.5 Å². The summed E-state index contributed by atoms with van der Waals surface area (Å²) in [5, 5.41) is 0. The van der Waals surface area contributed by atoms with Crippen LogP contribution in [0.25, 0.3) is 0 Å². The molecule has 0 bridgehead atoms. The van der Waals surface area contributed by atoms with Gasteiger partial charge in [-0.25, -0.2) is 14.8 Å². The number of piperidine rings is 1. The van der Waals surface area contributed by atoms with Crippen LogP contribution in [0.5, 0.6) is 0 Å². The molecule has 114 valence electrons. The van der Waals surface area contributed by atoms with E-state index in [1.165, 1.54) is 19.3 Å². The number of carbonyl (C=O) groups is 1. The summed E-state index contributed by atoms with van der Waals surface area (Å²) in [6.07, 6.45) is 6.10.